The smallest absolute Gasteiger partial charge is 0.258 e. The quantitative estimate of drug-likeness (QED) is 0.113. The van der Waals surface area contributed by atoms with Crippen LogP contribution in [0.15, 0.2) is 117 Å². The second-order valence-corrected chi connectivity index (χ2v) is 7.45. The van der Waals surface area contributed by atoms with Crippen molar-refractivity contribution < 1.29 is 9.85 Å². The van der Waals surface area contributed by atoms with Crippen LogP contribution < -0.4 is 0 Å². The van der Waals surface area contributed by atoms with Gasteiger partial charge < -0.3 is 0 Å². The lowest BCUT2D eigenvalue weighted by atomic mass is 10.2. The zero-order chi connectivity index (χ0) is 25.3. The lowest BCUT2D eigenvalue weighted by Gasteiger charge is -1.98. The highest BCUT2D eigenvalue weighted by atomic mass is 16.6. The van der Waals surface area contributed by atoms with Gasteiger partial charge in [-0.3, -0.25) is 30.2 Å². The molecule has 0 aromatic heterocycles. The molecular weight excluding hydrogens is 460 g/mol. The van der Waals surface area contributed by atoms with Crippen molar-refractivity contribution in [3.63, 3.8) is 0 Å². The van der Waals surface area contributed by atoms with Crippen molar-refractivity contribution in [1.29, 1.82) is 0 Å². The van der Waals surface area contributed by atoms with Crippen LogP contribution >= 0.6 is 0 Å². The van der Waals surface area contributed by atoms with E-state index in [1.165, 1.54) is 24.3 Å². The summed E-state index contributed by atoms with van der Waals surface area (Å²) in [6.45, 7) is 0. The normalized spacial score (nSPS) is 11.4. The molecule has 4 aromatic carbocycles. The number of nitro groups is 2. The minimum atomic E-state index is -0.443. The number of non-ortho nitro benzene ring substituents is 2. The number of nitro benzene ring substituents is 2. The molecule has 176 valence electrons. The minimum absolute atomic E-state index is 0.0338. The molecule has 0 N–H and O–H groups in total. The highest BCUT2D eigenvalue weighted by molar-refractivity contribution is 5.83. The summed E-state index contributed by atoms with van der Waals surface area (Å²) in [6.07, 6.45) is 3.26. The first-order chi connectivity index (χ1) is 17.5. The number of hydrogen-bond acceptors (Lipinski definition) is 8. The average molecular weight is 478 g/mol. The molecule has 0 heterocycles. The third-order valence-electron chi connectivity index (χ3n) is 4.91. The fourth-order valence-electron chi connectivity index (χ4n) is 2.99. The van der Waals surface area contributed by atoms with Gasteiger partial charge in [0.05, 0.1) is 32.6 Å². The van der Waals surface area contributed by atoms with Crippen molar-refractivity contribution in [1.82, 2.24) is 0 Å². The van der Waals surface area contributed by atoms with Crippen LogP contribution in [-0.2, 0) is 0 Å². The zero-order valence-corrected chi connectivity index (χ0v) is 18.7. The fraction of sp³-hybridized carbons (Fsp3) is 0. The van der Waals surface area contributed by atoms with Gasteiger partial charge in [-0.05, 0) is 83.9 Å². The molecule has 0 aliphatic rings. The van der Waals surface area contributed by atoms with Gasteiger partial charge in [0.1, 0.15) is 0 Å². The van der Waals surface area contributed by atoms with Crippen LogP contribution in [-0.4, -0.2) is 22.3 Å². The van der Waals surface area contributed by atoms with Crippen molar-refractivity contribution in [3.8, 4) is 0 Å². The largest absolute Gasteiger partial charge is 0.269 e. The van der Waals surface area contributed by atoms with Crippen LogP contribution in [0.2, 0.25) is 0 Å². The Balaban J connectivity index is 1.33. The zero-order valence-electron chi connectivity index (χ0n) is 18.7. The molecule has 10 nitrogen and oxygen atoms in total. The molecule has 0 amide bonds. The highest BCUT2D eigenvalue weighted by Gasteiger charge is 2.03. The van der Waals surface area contributed by atoms with Crippen molar-refractivity contribution in [2.75, 3.05) is 0 Å². The van der Waals surface area contributed by atoms with Crippen molar-refractivity contribution in [2.24, 2.45) is 20.2 Å². The van der Waals surface area contributed by atoms with Crippen LogP contribution in [0.4, 0.5) is 34.1 Å². The maximum absolute atomic E-state index is 10.7. The second-order valence-electron chi connectivity index (χ2n) is 7.45. The molecule has 0 aliphatic carbocycles. The molecule has 4 rings (SSSR count). The van der Waals surface area contributed by atoms with Gasteiger partial charge in [0.25, 0.3) is 11.4 Å². The van der Waals surface area contributed by atoms with E-state index in [-0.39, 0.29) is 11.4 Å². The maximum Gasteiger partial charge on any atom is 0.269 e. The topological polar surface area (TPSA) is 136 Å². The van der Waals surface area contributed by atoms with Gasteiger partial charge in [-0.15, -0.1) is 0 Å². The van der Waals surface area contributed by atoms with Crippen LogP contribution in [0.5, 0.6) is 0 Å². The highest BCUT2D eigenvalue weighted by Crippen LogP contribution is 2.24. The Kier molecular flexibility index (Phi) is 7.37. The Bertz CT molecular complexity index is 1330. The average Bonchev–Trinajstić information content (AvgIpc) is 2.91. The summed E-state index contributed by atoms with van der Waals surface area (Å²) in [5, 5.41) is 29.9. The summed E-state index contributed by atoms with van der Waals surface area (Å²) in [5.41, 5.74) is 4.31. The van der Waals surface area contributed by atoms with Crippen molar-refractivity contribution >= 4 is 46.6 Å². The lowest BCUT2D eigenvalue weighted by Crippen LogP contribution is -1.88. The molecule has 0 bridgehead atoms. The summed E-state index contributed by atoms with van der Waals surface area (Å²) in [5.74, 6) is 0. The predicted octanol–water partition coefficient (Wildman–Crippen LogP) is 7.42. The number of azo groups is 1. The molecule has 10 heteroatoms. The monoisotopic (exact) mass is 478 g/mol. The van der Waals surface area contributed by atoms with Gasteiger partial charge in [-0.25, -0.2) is 0 Å². The van der Waals surface area contributed by atoms with E-state index in [0.717, 1.165) is 11.1 Å². The summed E-state index contributed by atoms with van der Waals surface area (Å²) in [6, 6.07) is 26.6. The third-order valence-corrected chi connectivity index (χ3v) is 4.91. The van der Waals surface area contributed by atoms with E-state index in [9.17, 15) is 20.2 Å². The van der Waals surface area contributed by atoms with E-state index in [1.807, 2.05) is 0 Å². The maximum atomic E-state index is 10.7. The van der Waals surface area contributed by atoms with Crippen LogP contribution in [0.1, 0.15) is 11.1 Å². The minimum Gasteiger partial charge on any atom is -0.258 e. The molecule has 0 saturated carbocycles. The van der Waals surface area contributed by atoms with Gasteiger partial charge in [-0.2, -0.15) is 10.2 Å². The number of hydrogen-bond donors (Lipinski definition) is 0. The standard InChI is InChI=1S/C26H18N6O4/c33-31(34)25-13-1-19(2-14-25)17-27-21-5-9-23(10-6-21)29-30-24-11-7-22(8-12-24)28-18-20-3-15-26(16-4-20)32(35)36/h1-18H/b27-17+,28-18+,30-29+. The SMILES string of the molecule is O=[N+]([O-])c1ccc(/C=N/c2ccc(/N=N/c3ccc(/N=C/c4ccc([N+](=O)[O-])cc4)cc3)cc2)cc1. The van der Waals surface area contributed by atoms with Gasteiger partial charge in [-0.1, -0.05) is 0 Å². The molecular formula is C26H18N6O4. The summed E-state index contributed by atoms with van der Waals surface area (Å²) in [7, 11) is 0. The molecule has 0 saturated heterocycles. The van der Waals surface area contributed by atoms with Gasteiger partial charge in [0.2, 0.25) is 0 Å². The third kappa shape index (κ3) is 6.58. The van der Waals surface area contributed by atoms with E-state index < -0.39 is 9.85 Å². The van der Waals surface area contributed by atoms with Crippen LogP contribution in [0, 0.1) is 20.2 Å². The summed E-state index contributed by atoms with van der Waals surface area (Å²) in [4.78, 5) is 29.3. The second kappa shape index (κ2) is 11.2. The first-order valence-corrected chi connectivity index (χ1v) is 10.7. The Morgan fingerprint density at radius 3 is 1.08 bits per heavy atom. The van der Waals surface area contributed by atoms with Crippen molar-refractivity contribution in [3.05, 3.63) is 128 Å². The molecule has 0 unspecified atom stereocenters. The molecule has 0 fully saturated rings. The molecule has 0 aliphatic heterocycles. The van der Waals surface area contributed by atoms with Crippen LogP contribution in [0.25, 0.3) is 0 Å². The number of benzene rings is 4. The Labute approximate surface area is 205 Å². The first-order valence-electron chi connectivity index (χ1n) is 10.7. The Morgan fingerprint density at radius 1 is 0.472 bits per heavy atom. The Hall–Kier alpha value is -5.38. The molecule has 0 radical (unpaired) electrons. The van der Waals surface area contributed by atoms with E-state index in [4.69, 9.17) is 0 Å². The summed E-state index contributed by atoms with van der Waals surface area (Å²) < 4.78 is 0. The first kappa shape index (κ1) is 23.8. The molecule has 4 aromatic rings. The van der Waals surface area contributed by atoms with Gasteiger partial charge in [0.15, 0.2) is 0 Å². The van der Waals surface area contributed by atoms with E-state index in [1.54, 1.807) is 85.2 Å². The molecule has 36 heavy (non-hydrogen) atoms. The van der Waals surface area contributed by atoms with E-state index in [0.29, 0.717) is 22.7 Å². The van der Waals surface area contributed by atoms with E-state index >= 15 is 0 Å². The predicted molar refractivity (Wildman–Crippen MR) is 138 cm³/mol. The van der Waals surface area contributed by atoms with Crippen LogP contribution in [0.3, 0.4) is 0 Å². The number of rotatable bonds is 8. The fourth-order valence-corrected chi connectivity index (χ4v) is 2.99. The van der Waals surface area contributed by atoms with Crippen molar-refractivity contribution in [2.45, 2.75) is 0 Å². The number of nitrogens with zero attached hydrogens (tertiary/aromatic N) is 6. The van der Waals surface area contributed by atoms with Gasteiger partial charge >= 0.3 is 0 Å². The molecule has 0 atom stereocenters. The number of aliphatic imine (C=N–C) groups is 2. The lowest BCUT2D eigenvalue weighted by molar-refractivity contribution is -0.385. The Morgan fingerprint density at radius 2 is 0.778 bits per heavy atom. The van der Waals surface area contributed by atoms with E-state index in [2.05, 4.69) is 20.2 Å². The molecule has 0 spiro atoms. The van der Waals surface area contributed by atoms with Gasteiger partial charge in [0, 0.05) is 36.7 Å². The summed E-state index contributed by atoms with van der Waals surface area (Å²) >= 11 is 0.